The summed E-state index contributed by atoms with van der Waals surface area (Å²) in [7, 11) is 0. The van der Waals surface area contributed by atoms with Gasteiger partial charge in [0.25, 0.3) is 0 Å². The monoisotopic (exact) mass is 818 g/mol. The van der Waals surface area contributed by atoms with Gasteiger partial charge in [0, 0.05) is 60.6 Å². The van der Waals surface area contributed by atoms with E-state index in [0.717, 1.165) is 10.9 Å². The smallest absolute Gasteiger partial charge is 0.243 e. The maximum absolute atomic E-state index is 14.2. The number of aromatic amines is 2. The number of imidazole rings is 1. The van der Waals surface area contributed by atoms with Gasteiger partial charge in [-0.1, -0.05) is 48.5 Å². The molecule has 2 heterocycles. The molecule has 0 aliphatic heterocycles. The number of amides is 5. The van der Waals surface area contributed by atoms with Crippen molar-refractivity contribution in [2.45, 2.75) is 75.3 Å². The number of carbonyl (C=O) groups excluding carboxylic acids is 6. The third-order valence-electron chi connectivity index (χ3n) is 9.06. The lowest BCUT2D eigenvalue weighted by Crippen LogP contribution is -2.60. The summed E-state index contributed by atoms with van der Waals surface area (Å²) in [6.45, 7) is 1.61. The highest BCUT2D eigenvalue weighted by molar-refractivity contribution is 7.80. The highest BCUT2D eigenvalue weighted by Gasteiger charge is 2.32. The molecule has 0 saturated heterocycles. The SMILES string of the molecule is [2H]C(=O)[C@H](Cc1cnc[nH]1)NN[C@@H](C)C(=O)NC(Cc1ccccc1)C(=O)N[C@@H](CCCN=C(N)N)C(=O)NC(Cc1c[nH]c2ccccc12)C(=O)N[C@@H](CS)C(N)=O. The number of aromatic nitrogens is 3. The predicted octanol–water partition coefficient (Wildman–Crippen LogP) is -1.62. The number of nitrogens with zero attached hydrogens (tertiary/aromatic N) is 2. The number of benzene rings is 2. The first-order valence-electron chi connectivity index (χ1n) is 19.0. The molecule has 2 unspecified atom stereocenters. The van der Waals surface area contributed by atoms with Crippen LogP contribution in [0.4, 0.5) is 0 Å². The first-order chi connectivity index (χ1) is 28.2. The van der Waals surface area contributed by atoms with Crippen molar-refractivity contribution in [2.24, 2.45) is 22.2 Å². The van der Waals surface area contributed by atoms with Crippen LogP contribution in [0.3, 0.4) is 0 Å². The molecule has 0 bridgehead atoms. The Bertz CT molecular complexity index is 2060. The topological polar surface area (TPSA) is 309 Å². The number of guanidine groups is 1. The van der Waals surface area contributed by atoms with Gasteiger partial charge in [-0.05, 0) is 37.0 Å². The summed E-state index contributed by atoms with van der Waals surface area (Å²) in [6, 6.07) is 9.39. The number of hydrogen-bond donors (Lipinski definition) is 12. The Balaban J connectivity index is 1.56. The second-order valence-electron chi connectivity index (χ2n) is 13.5. The van der Waals surface area contributed by atoms with Crippen molar-refractivity contribution in [3.05, 3.63) is 90.1 Å². The molecular weight excluding hydrogens is 767 g/mol. The number of nitrogens with one attached hydrogen (secondary N) is 8. The van der Waals surface area contributed by atoms with Crippen molar-refractivity contribution in [3.63, 3.8) is 0 Å². The van der Waals surface area contributed by atoms with E-state index in [0.29, 0.717) is 16.8 Å². The molecular formula is C38H51N13O6S. The number of thiol groups is 1. The Labute approximate surface area is 341 Å². The quantitative estimate of drug-likeness (QED) is 0.00952. The summed E-state index contributed by atoms with van der Waals surface area (Å²) in [4.78, 5) is 93.5. The van der Waals surface area contributed by atoms with E-state index in [2.05, 4.69) is 64.7 Å². The van der Waals surface area contributed by atoms with Crippen LogP contribution in [0.5, 0.6) is 0 Å². The van der Waals surface area contributed by atoms with E-state index >= 15 is 0 Å². The van der Waals surface area contributed by atoms with Crippen molar-refractivity contribution in [1.82, 2.24) is 47.1 Å². The van der Waals surface area contributed by atoms with E-state index in [-0.39, 0.29) is 50.4 Å². The van der Waals surface area contributed by atoms with Gasteiger partial charge in [-0.3, -0.25) is 29.0 Å². The van der Waals surface area contributed by atoms with Gasteiger partial charge >= 0.3 is 0 Å². The molecule has 19 nitrogen and oxygen atoms in total. The molecule has 310 valence electrons. The number of aldehydes is 1. The van der Waals surface area contributed by atoms with Gasteiger partial charge in [0.15, 0.2) is 5.96 Å². The molecule has 6 atom stereocenters. The minimum Gasteiger partial charge on any atom is -0.370 e. The van der Waals surface area contributed by atoms with E-state index < -0.39 is 72.0 Å². The fourth-order valence-electron chi connectivity index (χ4n) is 5.91. The zero-order chi connectivity index (χ0) is 42.9. The first-order valence-corrected chi connectivity index (χ1v) is 19.1. The zero-order valence-corrected chi connectivity index (χ0v) is 32.8. The molecule has 58 heavy (non-hydrogen) atoms. The molecule has 0 aliphatic carbocycles. The number of hydrogen-bond acceptors (Lipinski definition) is 11. The van der Waals surface area contributed by atoms with Crippen LogP contribution in [-0.2, 0) is 48.0 Å². The van der Waals surface area contributed by atoms with Crippen LogP contribution >= 0.6 is 12.6 Å². The highest BCUT2D eigenvalue weighted by atomic mass is 32.1. The maximum atomic E-state index is 14.2. The minimum absolute atomic E-state index is 0.00547. The highest BCUT2D eigenvalue weighted by Crippen LogP contribution is 2.19. The van der Waals surface area contributed by atoms with Gasteiger partial charge in [0.1, 0.15) is 31.8 Å². The molecule has 0 radical (unpaired) electrons. The summed E-state index contributed by atoms with van der Waals surface area (Å²) in [5.41, 5.74) is 24.7. The fraction of sp³-hybridized carbons (Fsp3) is 0.368. The average Bonchev–Trinajstić information content (AvgIpc) is 3.89. The van der Waals surface area contributed by atoms with E-state index in [4.69, 9.17) is 18.6 Å². The summed E-state index contributed by atoms with van der Waals surface area (Å²) in [5.74, 6) is -3.88. The van der Waals surface area contributed by atoms with Gasteiger partial charge in [0.2, 0.25) is 29.5 Å². The van der Waals surface area contributed by atoms with E-state index in [1.165, 1.54) is 19.4 Å². The Morgan fingerprint density at radius 2 is 1.47 bits per heavy atom. The van der Waals surface area contributed by atoms with Gasteiger partial charge < -0.3 is 53.2 Å². The third kappa shape index (κ3) is 13.7. The second kappa shape index (κ2) is 22.5. The number of fused-ring (bicyclic) bond motifs is 1. The summed E-state index contributed by atoms with van der Waals surface area (Å²) in [5, 5.41) is 11.6. The Morgan fingerprint density at radius 3 is 2.12 bits per heavy atom. The molecule has 0 fully saturated rings. The van der Waals surface area contributed by atoms with Gasteiger partial charge in [-0.2, -0.15) is 12.6 Å². The van der Waals surface area contributed by atoms with E-state index in [9.17, 15) is 28.8 Å². The average molecular weight is 819 g/mol. The zero-order valence-electron chi connectivity index (χ0n) is 32.9. The Morgan fingerprint density at radius 1 is 0.828 bits per heavy atom. The minimum atomic E-state index is -1.26. The molecule has 4 rings (SSSR count). The predicted molar refractivity (Wildman–Crippen MR) is 221 cm³/mol. The van der Waals surface area contributed by atoms with Crippen LogP contribution in [0.1, 0.15) is 38.0 Å². The van der Waals surface area contributed by atoms with Crippen molar-refractivity contribution in [2.75, 3.05) is 12.3 Å². The lowest BCUT2D eigenvalue weighted by atomic mass is 10.0. The van der Waals surface area contributed by atoms with Gasteiger partial charge in [-0.25, -0.2) is 15.8 Å². The summed E-state index contributed by atoms with van der Waals surface area (Å²) >= 11 is 4.13. The molecule has 2 aromatic heterocycles. The van der Waals surface area contributed by atoms with Gasteiger partial charge in [-0.15, -0.1) is 0 Å². The van der Waals surface area contributed by atoms with Gasteiger partial charge in [0.05, 0.1) is 18.4 Å². The number of rotatable bonds is 24. The number of para-hydroxylation sites is 1. The Hall–Kier alpha value is -6.25. The molecule has 0 saturated carbocycles. The maximum Gasteiger partial charge on any atom is 0.243 e. The standard InChI is InChI=1S/C38H51N13O6S/c1-22(50-51-26(19-52)16-25-18-42-21-45-25)34(54)47-30(14-23-8-3-2-4-9-23)36(56)46-29(12-7-13-43-38(40)41)35(55)48-31(37(57)49-32(20-58)33(39)53)15-24-17-44-28-11-6-5-10-27(24)28/h2-6,8-11,17-19,21-22,26,29-32,44,50-51,58H,7,12-16,20H2,1H3,(H2,39,53)(H,42,45)(H,46,56)(H,47,54)(H,48,55)(H,49,57)(H4,40,41,43)/t22-,26-,29-,30?,31?,32-/m0/s1/i19D. The normalized spacial score (nSPS) is 14.4. The molecule has 5 amide bonds. The molecule has 14 N–H and O–H groups in total. The molecule has 0 spiro atoms. The second-order valence-corrected chi connectivity index (χ2v) is 13.9. The lowest BCUT2D eigenvalue weighted by molar-refractivity contribution is -0.134. The summed E-state index contributed by atoms with van der Waals surface area (Å²) in [6.07, 6.45) is 4.10. The number of aliphatic imine (C=N–C) groups is 1. The van der Waals surface area contributed by atoms with Crippen LogP contribution < -0.4 is 49.3 Å². The van der Waals surface area contributed by atoms with Crippen LogP contribution in [0, 0.1) is 0 Å². The number of carbonyl (C=O) groups is 6. The molecule has 4 aromatic rings. The number of hydrazine groups is 1. The molecule has 2 aromatic carbocycles. The lowest BCUT2D eigenvalue weighted by Gasteiger charge is -2.27. The number of primary amides is 1. The number of H-pyrrole nitrogens is 2. The van der Waals surface area contributed by atoms with Crippen LogP contribution in [0.15, 0.2) is 78.3 Å². The molecule has 20 heteroatoms. The van der Waals surface area contributed by atoms with Crippen molar-refractivity contribution >= 4 is 65.3 Å². The Kier molecular flexibility index (Phi) is 16.6. The van der Waals surface area contributed by atoms with Crippen LogP contribution in [0.2, 0.25) is 0 Å². The van der Waals surface area contributed by atoms with Crippen molar-refractivity contribution < 1.29 is 30.1 Å². The first kappa shape index (κ1) is 42.9. The molecule has 0 aliphatic rings. The third-order valence-corrected chi connectivity index (χ3v) is 9.42. The van der Waals surface area contributed by atoms with Crippen molar-refractivity contribution in [3.8, 4) is 0 Å². The van der Waals surface area contributed by atoms with E-state index in [1.54, 1.807) is 36.5 Å². The van der Waals surface area contributed by atoms with E-state index in [1.807, 2.05) is 24.3 Å². The largest absolute Gasteiger partial charge is 0.370 e. The van der Waals surface area contributed by atoms with Crippen LogP contribution in [0.25, 0.3) is 10.9 Å². The number of nitrogens with two attached hydrogens (primary N) is 3. The van der Waals surface area contributed by atoms with Crippen LogP contribution in [-0.4, -0.2) is 105 Å². The van der Waals surface area contributed by atoms with Crippen molar-refractivity contribution in [1.29, 1.82) is 0 Å². The summed E-state index contributed by atoms with van der Waals surface area (Å²) < 4.78 is 7.64. The fourth-order valence-corrected chi connectivity index (χ4v) is 6.18.